The molecule has 2 aromatic carbocycles. The summed E-state index contributed by atoms with van der Waals surface area (Å²) in [6.07, 6.45) is 6.10. The van der Waals surface area contributed by atoms with Crippen molar-refractivity contribution in [3.63, 3.8) is 0 Å². The lowest BCUT2D eigenvalue weighted by atomic mass is 9.52. The number of nitrogens with zero attached hydrogens (tertiary/aromatic N) is 1. The first-order valence-electron chi connectivity index (χ1n) is 12.8. The summed E-state index contributed by atoms with van der Waals surface area (Å²) < 4.78 is 5.74. The molecule has 1 heterocycles. The van der Waals surface area contributed by atoms with Crippen molar-refractivity contribution in [2.75, 3.05) is 6.54 Å². The van der Waals surface area contributed by atoms with Gasteiger partial charge < -0.3 is 9.64 Å². The smallest absolute Gasteiger partial charge is 0.410 e. The van der Waals surface area contributed by atoms with Crippen LogP contribution < -0.4 is 4.89 Å². The van der Waals surface area contributed by atoms with Gasteiger partial charge in [-0.15, -0.1) is 0 Å². The second-order valence-corrected chi connectivity index (χ2v) is 11.3. The van der Waals surface area contributed by atoms with Gasteiger partial charge in [0, 0.05) is 18.0 Å². The third-order valence-corrected chi connectivity index (χ3v) is 8.07. The minimum Gasteiger partial charge on any atom is -0.445 e. The third kappa shape index (κ3) is 4.51. The largest absolute Gasteiger partial charge is 0.445 e. The fraction of sp³-hybridized carbons (Fsp3) is 0.517. The number of benzene rings is 2. The van der Waals surface area contributed by atoms with E-state index in [1.807, 2.05) is 41.3 Å². The first-order chi connectivity index (χ1) is 16.8. The van der Waals surface area contributed by atoms with Crippen LogP contribution in [0.3, 0.4) is 0 Å². The van der Waals surface area contributed by atoms with Gasteiger partial charge in [0.1, 0.15) is 6.61 Å². The number of carbonyl (C=O) groups excluding carboxylic acids is 2. The van der Waals surface area contributed by atoms with Crippen LogP contribution in [0.1, 0.15) is 69.6 Å². The quantitative estimate of drug-likeness (QED) is 0.401. The van der Waals surface area contributed by atoms with Crippen LogP contribution in [0, 0.1) is 11.3 Å². The van der Waals surface area contributed by atoms with Gasteiger partial charge in [0.25, 0.3) is 0 Å². The Morgan fingerprint density at radius 3 is 2.63 bits per heavy atom. The number of hydrogen-bond donors (Lipinski definition) is 0. The van der Waals surface area contributed by atoms with Crippen molar-refractivity contribution >= 4 is 12.1 Å². The van der Waals surface area contributed by atoms with E-state index >= 15 is 0 Å². The van der Waals surface area contributed by atoms with Crippen molar-refractivity contribution in [1.29, 1.82) is 0 Å². The molecule has 0 spiro atoms. The van der Waals surface area contributed by atoms with Gasteiger partial charge in [-0.25, -0.2) is 14.5 Å². The Bertz CT molecular complexity index is 1090. The number of likely N-dealkylation sites (tertiary alicyclic amines) is 1. The van der Waals surface area contributed by atoms with E-state index in [0.29, 0.717) is 24.8 Å². The zero-order valence-electron chi connectivity index (χ0n) is 20.9. The number of carbonyl (C=O) groups is 2. The summed E-state index contributed by atoms with van der Waals surface area (Å²) in [6.45, 7) is 6.39. The Hall–Kier alpha value is -3.02. The number of ether oxygens (including phenoxy) is 1. The zero-order chi connectivity index (χ0) is 24.6. The molecule has 6 heteroatoms. The molecule has 0 radical (unpaired) electrons. The van der Waals surface area contributed by atoms with Crippen molar-refractivity contribution in [3.05, 3.63) is 65.2 Å². The summed E-state index contributed by atoms with van der Waals surface area (Å²) in [4.78, 5) is 37.9. The average molecular weight is 478 g/mol. The predicted octanol–water partition coefficient (Wildman–Crippen LogP) is 5.96. The van der Waals surface area contributed by atoms with Crippen LogP contribution in [0.4, 0.5) is 4.79 Å². The number of fused-ring (bicyclic) bond motifs is 1. The first-order valence-corrected chi connectivity index (χ1v) is 12.8. The molecule has 2 aliphatic carbocycles. The molecule has 35 heavy (non-hydrogen) atoms. The van der Waals surface area contributed by atoms with Crippen LogP contribution in [0.15, 0.2) is 48.5 Å². The van der Waals surface area contributed by atoms with E-state index in [-0.39, 0.29) is 17.6 Å². The lowest BCUT2D eigenvalue weighted by Gasteiger charge is -2.58. The lowest BCUT2D eigenvalue weighted by Crippen LogP contribution is -2.62. The SMILES string of the molecule is CC(C)(C)C(=O)OOc1ccc2c(c1)[C@@]13CCCC[C@H]1[C@@H](C2)N(C(=O)OCc1ccccc1)CC3. The molecule has 186 valence electrons. The van der Waals surface area contributed by atoms with Crippen molar-refractivity contribution in [1.82, 2.24) is 4.90 Å². The normalized spacial score (nSPS) is 25.2. The highest BCUT2D eigenvalue weighted by Crippen LogP contribution is 2.56. The molecule has 2 bridgehead atoms. The molecule has 0 aromatic heterocycles. The number of piperidine rings is 1. The number of rotatable bonds is 4. The van der Waals surface area contributed by atoms with E-state index in [2.05, 4.69) is 12.1 Å². The minimum atomic E-state index is -0.628. The van der Waals surface area contributed by atoms with Crippen LogP contribution in [0.5, 0.6) is 5.75 Å². The molecule has 1 aliphatic heterocycles. The van der Waals surface area contributed by atoms with Crippen molar-refractivity contribution in [3.8, 4) is 5.75 Å². The first kappa shape index (κ1) is 23.7. The van der Waals surface area contributed by atoms with Crippen LogP contribution in [0.2, 0.25) is 0 Å². The number of amides is 1. The fourth-order valence-corrected chi connectivity index (χ4v) is 6.28. The van der Waals surface area contributed by atoms with E-state index in [0.717, 1.165) is 31.2 Å². The summed E-state index contributed by atoms with van der Waals surface area (Å²) in [5, 5.41) is 0. The van der Waals surface area contributed by atoms with Gasteiger partial charge >= 0.3 is 12.1 Å². The molecule has 0 N–H and O–H groups in total. The minimum absolute atomic E-state index is 0.0279. The molecule has 1 amide bonds. The summed E-state index contributed by atoms with van der Waals surface area (Å²) in [5.74, 6) is 0.559. The lowest BCUT2D eigenvalue weighted by molar-refractivity contribution is -0.223. The highest BCUT2D eigenvalue weighted by atomic mass is 17.2. The molecular formula is C29H35NO5. The van der Waals surface area contributed by atoms with E-state index in [1.54, 1.807) is 20.8 Å². The van der Waals surface area contributed by atoms with Crippen LogP contribution in [-0.2, 0) is 32.9 Å². The summed E-state index contributed by atoms with van der Waals surface area (Å²) in [6, 6.07) is 16.0. The summed E-state index contributed by atoms with van der Waals surface area (Å²) in [5.41, 5.74) is 2.96. The third-order valence-electron chi connectivity index (χ3n) is 8.07. The molecular weight excluding hydrogens is 442 g/mol. The molecule has 6 nitrogen and oxygen atoms in total. The summed E-state index contributed by atoms with van der Waals surface area (Å²) in [7, 11) is 0. The van der Waals surface area contributed by atoms with Crippen molar-refractivity contribution in [2.24, 2.45) is 11.3 Å². The molecule has 2 aromatic rings. The maximum atomic E-state index is 13.2. The Kier molecular flexibility index (Phi) is 6.24. The van der Waals surface area contributed by atoms with Gasteiger partial charge in [-0.05, 0) is 81.2 Å². The van der Waals surface area contributed by atoms with Crippen LogP contribution in [-0.4, -0.2) is 29.5 Å². The van der Waals surface area contributed by atoms with Crippen molar-refractivity contribution < 1.29 is 24.1 Å². The predicted molar refractivity (Wildman–Crippen MR) is 132 cm³/mol. The average Bonchev–Trinajstić information content (AvgIpc) is 2.86. The second-order valence-electron chi connectivity index (χ2n) is 11.3. The maximum absolute atomic E-state index is 13.2. The van der Waals surface area contributed by atoms with Gasteiger partial charge in [-0.3, -0.25) is 4.89 Å². The Morgan fingerprint density at radius 2 is 1.86 bits per heavy atom. The van der Waals surface area contributed by atoms with Gasteiger partial charge in [-0.1, -0.05) is 49.2 Å². The zero-order valence-corrected chi connectivity index (χ0v) is 20.9. The van der Waals surface area contributed by atoms with E-state index in [9.17, 15) is 9.59 Å². The molecule has 5 rings (SSSR count). The second kappa shape index (κ2) is 9.21. The maximum Gasteiger partial charge on any atom is 0.410 e. The Labute approximate surface area is 207 Å². The fourth-order valence-electron chi connectivity index (χ4n) is 6.28. The van der Waals surface area contributed by atoms with Gasteiger partial charge in [-0.2, -0.15) is 0 Å². The highest BCUT2D eigenvalue weighted by Gasteiger charge is 2.55. The molecule has 3 atom stereocenters. The molecule has 1 saturated carbocycles. The van der Waals surface area contributed by atoms with Crippen molar-refractivity contribution in [2.45, 2.75) is 77.4 Å². The molecule has 0 unspecified atom stereocenters. The van der Waals surface area contributed by atoms with E-state index in [1.165, 1.54) is 24.0 Å². The monoisotopic (exact) mass is 477 g/mol. The Balaban J connectivity index is 1.36. The van der Waals surface area contributed by atoms with E-state index in [4.69, 9.17) is 14.5 Å². The van der Waals surface area contributed by atoms with E-state index < -0.39 is 11.4 Å². The molecule has 1 saturated heterocycles. The Morgan fingerprint density at radius 1 is 1.06 bits per heavy atom. The van der Waals surface area contributed by atoms with Gasteiger partial charge in [0.2, 0.25) is 0 Å². The molecule has 2 fully saturated rings. The molecule has 3 aliphatic rings. The summed E-state index contributed by atoms with van der Waals surface area (Å²) >= 11 is 0. The highest BCUT2D eigenvalue weighted by molar-refractivity contribution is 5.74. The van der Waals surface area contributed by atoms with Gasteiger partial charge in [0.05, 0.1) is 5.41 Å². The topological polar surface area (TPSA) is 65.1 Å². The van der Waals surface area contributed by atoms with Crippen LogP contribution >= 0.6 is 0 Å². The van der Waals surface area contributed by atoms with Crippen LogP contribution in [0.25, 0.3) is 0 Å². The standard InChI is InChI=1S/C29H35NO5/c1-28(2,3)26(31)35-34-22-13-12-21-17-25-23-11-7-8-14-29(23,24(21)18-22)15-16-30(25)27(32)33-19-20-9-5-4-6-10-20/h4-6,9-10,12-13,18,23,25H,7-8,11,14-17,19H2,1-3H3/t23-,25+,29+/m0/s1. The van der Waals surface area contributed by atoms with Gasteiger partial charge in [0.15, 0.2) is 5.75 Å². The number of hydrogen-bond acceptors (Lipinski definition) is 5.